The van der Waals surface area contributed by atoms with E-state index in [0.29, 0.717) is 30.2 Å². The van der Waals surface area contributed by atoms with Crippen molar-refractivity contribution >= 4 is 29.1 Å². The predicted molar refractivity (Wildman–Crippen MR) is 101 cm³/mol. The van der Waals surface area contributed by atoms with Crippen molar-refractivity contribution in [2.75, 3.05) is 25.5 Å². The molecule has 0 saturated carbocycles. The number of ether oxygens (including phenoxy) is 1. The lowest BCUT2D eigenvalue weighted by molar-refractivity contribution is -0.128. The first kappa shape index (κ1) is 18.3. The molecule has 0 spiro atoms. The molecule has 136 valence electrons. The summed E-state index contributed by atoms with van der Waals surface area (Å²) < 4.78 is 5.34. The van der Waals surface area contributed by atoms with E-state index in [1.54, 1.807) is 36.3 Å². The molecule has 5 nitrogen and oxygen atoms in total. The summed E-state index contributed by atoms with van der Waals surface area (Å²) in [6.45, 7) is 1.00. The summed E-state index contributed by atoms with van der Waals surface area (Å²) in [7, 11) is 1.63. The average molecular weight is 373 g/mol. The van der Waals surface area contributed by atoms with Crippen molar-refractivity contribution in [3.63, 3.8) is 0 Å². The van der Waals surface area contributed by atoms with Crippen molar-refractivity contribution in [1.82, 2.24) is 4.90 Å². The van der Waals surface area contributed by atoms with Crippen LogP contribution in [0.15, 0.2) is 48.5 Å². The Hall–Kier alpha value is -2.53. The van der Waals surface area contributed by atoms with E-state index in [2.05, 4.69) is 5.32 Å². The number of likely N-dealkylation sites (tertiary alicyclic amines) is 1. The highest BCUT2D eigenvalue weighted by Crippen LogP contribution is 2.23. The molecule has 0 bridgehead atoms. The first-order valence-electron chi connectivity index (χ1n) is 8.53. The summed E-state index contributed by atoms with van der Waals surface area (Å²) in [4.78, 5) is 26.4. The van der Waals surface area contributed by atoms with Crippen molar-refractivity contribution in [2.24, 2.45) is 5.92 Å². The fourth-order valence-corrected chi connectivity index (χ4v) is 3.33. The van der Waals surface area contributed by atoms with E-state index in [-0.39, 0.29) is 24.2 Å². The number of hydrogen-bond donors (Lipinski definition) is 1. The maximum Gasteiger partial charge on any atom is 0.229 e. The molecule has 1 N–H and O–H groups in total. The molecule has 1 fully saturated rings. The monoisotopic (exact) mass is 372 g/mol. The lowest BCUT2D eigenvalue weighted by atomic mass is 10.1. The summed E-state index contributed by atoms with van der Waals surface area (Å²) in [5.41, 5.74) is 1.69. The van der Waals surface area contributed by atoms with Gasteiger partial charge in [0, 0.05) is 30.2 Å². The first-order valence-corrected chi connectivity index (χ1v) is 8.90. The number of halogens is 1. The number of carbonyl (C=O) groups is 2. The largest absolute Gasteiger partial charge is 0.496 e. The zero-order valence-corrected chi connectivity index (χ0v) is 15.3. The van der Waals surface area contributed by atoms with Gasteiger partial charge in [0.2, 0.25) is 11.8 Å². The lowest BCUT2D eigenvalue weighted by Gasteiger charge is -2.17. The molecule has 3 rings (SSSR count). The van der Waals surface area contributed by atoms with Crippen LogP contribution < -0.4 is 10.1 Å². The second-order valence-electron chi connectivity index (χ2n) is 6.30. The Bertz CT molecular complexity index is 809. The summed E-state index contributed by atoms with van der Waals surface area (Å²) >= 11 is 5.93. The van der Waals surface area contributed by atoms with Crippen molar-refractivity contribution in [2.45, 2.75) is 12.8 Å². The number of nitrogens with zero attached hydrogens (tertiary/aromatic N) is 1. The molecule has 1 aliphatic heterocycles. The van der Waals surface area contributed by atoms with Crippen LogP contribution in [0.25, 0.3) is 0 Å². The normalized spacial score (nSPS) is 16.6. The number of methoxy groups -OCH3 is 1. The third kappa shape index (κ3) is 4.35. The number of hydrogen-bond acceptors (Lipinski definition) is 3. The van der Waals surface area contributed by atoms with E-state index in [1.165, 1.54) is 0 Å². The second kappa shape index (κ2) is 8.23. The summed E-state index contributed by atoms with van der Waals surface area (Å²) in [6.07, 6.45) is 0.927. The SMILES string of the molecule is COc1ccccc1CCN1CC(C(=O)Nc2cccc(Cl)c2)CC1=O. The van der Waals surface area contributed by atoms with Crippen LogP contribution in [0.3, 0.4) is 0 Å². The van der Waals surface area contributed by atoms with Crippen LogP contribution in [0.5, 0.6) is 5.75 Å². The van der Waals surface area contributed by atoms with E-state index in [4.69, 9.17) is 16.3 Å². The Morgan fingerprint density at radius 3 is 2.85 bits per heavy atom. The van der Waals surface area contributed by atoms with Gasteiger partial charge in [-0.15, -0.1) is 0 Å². The van der Waals surface area contributed by atoms with Crippen LogP contribution in [-0.2, 0) is 16.0 Å². The molecule has 2 aromatic rings. The van der Waals surface area contributed by atoms with Crippen molar-refractivity contribution in [1.29, 1.82) is 0 Å². The van der Waals surface area contributed by atoms with Crippen LogP contribution in [0.4, 0.5) is 5.69 Å². The highest BCUT2D eigenvalue weighted by molar-refractivity contribution is 6.30. The Balaban J connectivity index is 1.57. The topological polar surface area (TPSA) is 58.6 Å². The van der Waals surface area contributed by atoms with Gasteiger partial charge in [-0.05, 0) is 36.2 Å². The Kier molecular flexibility index (Phi) is 5.78. The number of carbonyl (C=O) groups excluding carboxylic acids is 2. The maximum absolute atomic E-state index is 12.4. The molecule has 0 radical (unpaired) electrons. The maximum atomic E-state index is 12.4. The molecule has 1 heterocycles. The highest BCUT2D eigenvalue weighted by Gasteiger charge is 2.34. The number of amides is 2. The molecule has 1 atom stereocenters. The van der Waals surface area contributed by atoms with Crippen molar-refractivity contribution < 1.29 is 14.3 Å². The minimum atomic E-state index is -0.348. The Morgan fingerprint density at radius 1 is 1.27 bits per heavy atom. The number of benzene rings is 2. The first-order chi connectivity index (χ1) is 12.6. The minimum absolute atomic E-state index is 0.00569. The predicted octanol–water partition coefficient (Wildman–Crippen LogP) is 3.38. The van der Waals surface area contributed by atoms with E-state index in [0.717, 1.165) is 11.3 Å². The number of rotatable bonds is 6. The Morgan fingerprint density at radius 2 is 2.08 bits per heavy atom. The number of anilines is 1. The zero-order valence-electron chi connectivity index (χ0n) is 14.6. The molecule has 1 unspecified atom stereocenters. The molecule has 2 amide bonds. The zero-order chi connectivity index (χ0) is 18.5. The molecular weight excluding hydrogens is 352 g/mol. The second-order valence-corrected chi connectivity index (χ2v) is 6.74. The quantitative estimate of drug-likeness (QED) is 0.845. The van der Waals surface area contributed by atoms with Crippen molar-refractivity contribution in [3.05, 3.63) is 59.1 Å². The van der Waals surface area contributed by atoms with Gasteiger partial charge < -0.3 is 15.0 Å². The fraction of sp³-hybridized carbons (Fsp3) is 0.300. The summed E-state index contributed by atoms with van der Waals surface area (Å²) in [5, 5.41) is 3.39. The van der Waals surface area contributed by atoms with Gasteiger partial charge in [0.1, 0.15) is 5.75 Å². The van der Waals surface area contributed by atoms with Gasteiger partial charge in [0.05, 0.1) is 13.0 Å². The van der Waals surface area contributed by atoms with Gasteiger partial charge in [-0.25, -0.2) is 0 Å². The molecule has 1 saturated heterocycles. The fourth-order valence-electron chi connectivity index (χ4n) is 3.14. The Labute approximate surface area is 157 Å². The van der Waals surface area contributed by atoms with E-state index >= 15 is 0 Å². The van der Waals surface area contributed by atoms with Crippen LogP contribution in [0.1, 0.15) is 12.0 Å². The summed E-state index contributed by atoms with van der Waals surface area (Å²) in [5.74, 6) is 0.320. The third-order valence-electron chi connectivity index (χ3n) is 4.52. The molecule has 2 aromatic carbocycles. The smallest absolute Gasteiger partial charge is 0.229 e. The van der Waals surface area contributed by atoms with Crippen molar-refractivity contribution in [3.8, 4) is 5.75 Å². The summed E-state index contributed by atoms with van der Waals surface area (Å²) in [6, 6.07) is 14.7. The van der Waals surface area contributed by atoms with E-state index in [9.17, 15) is 9.59 Å². The molecule has 26 heavy (non-hydrogen) atoms. The minimum Gasteiger partial charge on any atom is -0.496 e. The highest BCUT2D eigenvalue weighted by atomic mass is 35.5. The molecular formula is C20H21ClN2O3. The van der Waals surface area contributed by atoms with Gasteiger partial charge in [-0.2, -0.15) is 0 Å². The number of para-hydroxylation sites is 1. The molecule has 0 aliphatic carbocycles. The number of nitrogens with one attached hydrogen (secondary N) is 1. The van der Waals surface area contributed by atoms with Crippen LogP contribution in [0.2, 0.25) is 5.02 Å². The van der Waals surface area contributed by atoms with E-state index in [1.807, 2.05) is 24.3 Å². The molecule has 1 aliphatic rings. The van der Waals surface area contributed by atoms with Crippen LogP contribution >= 0.6 is 11.6 Å². The van der Waals surface area contributed by atoms with E-state index < -0.39 is 0 Å². The van der Waals surface area contributed by atoms with Gasteiger partial charge in [0.15, 0.2) is 0 Å². The van der Waals surface area contributed by atoms with Crippen LogP contribution in [0, 0.1) is 5.92 Å². The van der Waals surface area contributed by atoms with Gasteiger partial charge in [-0.1, -0.05) is 35.9 Å². The average Bonchev–Trinajstić information content (AvgIpc) is 3.01. The lowest BCUT2D eigenvalue weighted by Crippen LogP contribution is -2.30. The van der Waals surface area contributed by atoms with Crippen LogP contribution in [-0.4, -0.2) is 36.9 Å². The van der Waals surface area contributed by atoms with Gasteiger partial charge >= 0.3 is 0 Å². The standard InChI is InChI=1S/C20H21ClN2O3/c1-26-18-8-3-2-5-14(18)9-10-23-13-15(11-19(23)24)20(25)22-17-7-4-6-16(21)12-17/h2-8,12,15H,9-11,13H2,1H3,(H,22,25). The van der Waals surface area contributed by atoms with Gasteiger partial charge in [0.25, 0.3) is 0 Å². The molecule has 6 heteroatoms. The third-order valence-corrected chi connectivity index (χ3v) is 4.76. The van der Waals surface area contributed by atoms with Gasteiger partial charge in [-0.3, -0.25) is 9.59 Å². The molecule has 0 aromatic heterocycles.